The molecule has 0 bridgehead atoms. The standard InChI is InChI=1S/C37H32ClF3N8O2S/c38-29-27(22-3-1-4-24-26(22)23(14-42)34(44)52-24)30(39)31-28-32(29)50-16-21(11-18-7-9-45-25(43)12-18)49(20-5-6-20)35(28)47-36(46-31)51-17-37-8-2-10-48(37)15-19(13-37)33(40)41/h1,3-4,7,9,12,20-21H,2,5-6,8,10-11,13,15-17,44H2,(H2,43,45)/t21?,37-/m0/s1. The van der Waals surface area contributed by atoms with Crippen LogP contribution in [0.3, 0.4) is 0 Å². The smallest absolute Gasteiger partial charge is 0.319 e. The summed E-state index contributed by atoms with van der Waals surface area (Å²) in [6.07, 6.45) is 4.02. The topological polar surface area (TPSA) is 139 Å². The molecule has 4 aliphatic rings. The van der Waals surface area contributed by atoms with Crippen molar-refractivity contribution in [3.8, 4) is 29.0 Å². The average Bonchev–Trinajstić information content (AvgIpc) is 3.68. The van der Waals surface area contributed by atoms with Crippen molar-refractivity contribution in [1.29, 1.82) is 5.26 Å². The highest BCUT2D eigenvalue weighted by atomic mass is 35.5. The second-order valence-electron chi connectivity index (χ2n) is 14.0. The molecule has 266 valence electrons. The third kappa shape index (κ3) is 5.28. The summed E-state index contributed by atoms with van der Waals surface area (Å²) in [7, 11) is 0. The van der Waals surface area contributed by atoms with E-state index in [0.717, 1.165) is 24.8 Å². The number of hydrogen-bond acceptors (Lipinski definition) is 11. The Bertz CT molecular complexity index is 2380. The zero-order valence-corrected chi connectivity index (χ0v) is 29.3. The number of benzene rings is 2. The lowest BCUT2D eigenvalue weighted by Gasteiger charge is -2.32. The first-order valence-corrected chi connectivity index (χ1v) is 18.3. The molecule has 0 spiro atoms. The summed E-state index contributed by atoms with van der Waals surface area (Å²) in [4.78, 5) is 18.0. The minimum Gasteiger partial charge on any atom is -0.489 e. The number of halogens is 4. The molecular formula is C37H32ClF3N8O2S. The number of pyridine rings is 1. The Hall–Kier alpha value is -4.84. The Kier molecular flexibility index (Phi) is 7.87. The van der Waals surface area contributed by atoms with E-state index in [0.29, 0.717) is 57.1 Å². The summed E-state index contributed by atoms with van der Waals surface area (Å²) in [5.41, 5.74) is 13.3. The van der Waals surface area contributed by atoms with Crippen LogP contribution in [-0.2, 0) is 6.42 Å². The van der Waals surface area contributed by atoms with Crippen molar-refractivity contribution in [2.45, 2.75) is 56.1 Å². The molecule has 5 aromatic rings. The van der Waals surface area contributed by atoms with Crippen LogP contribution in [0, 0.1) is 17.1 Å². The fourth-order valence-electron chi connectivity index (χ4n) is 8.32. The van der Waals surface area contributed by atoms with E-state index in [-0.39, 0.29) is 77.3 Å². The minimum atomic E-state index is -1.65. The van der Waals surface area contributed by atoms with Gasteiger partial charge in [0.25, 0.3) is 6.08 Å². The lowest BCUT2D eigenvalue weighted by molar-refractivity contribution is 0.108. The molecule has 52 heavy (non-hydrogen) atoms. The predicted octanol–water partition coefficient (Wildman–Crippen LogP) is 7.48. The molecule has 2 saturated heterocycles. The maximum Gasteiger partial charge on any atom is 0.319 e. The largest absolute Gasteiger partial charge is 0.489 e. The maximum atomic E-state index is 17.4. The van der Waals surface area contributed by atoms with E-state index >= 15 is 4.39 Å². The van der Waals surface area contributed by atoms with E-state index in [9.17, 15) is 14.0 Å². The Morgan fingerprint density at radius 3 is 2.81 bits per heavy atom. The molecule has 3 aromatic heterocycles. The molecular weight excluding hydrogens is 713 g/mol. The number of anilines is 3. The van der Waals surface area contributed by atoms with Crippen LogP contribution >= 0.6 is 22.9 Å². The van der Waals surface area contributed by atoms with Crippen LogP contribution < -0.4 is 25.8 Å². The van der Waals surface area contributed by atoms with Gasteiger partial charge in [-0.3, -0.25) is 4.90 Å². The zero-order chi connectivity index (χ0) is 35.9. The molecule has 3 aliphatic heterocycles. The molecule has 9 rings (SSSR count). The third-order valence-corrected chi connectivity index (χ3v) is 12.1. The molecule has 6 heterocycles. The second-order valence-corrected chi connectivity index (χ2v) is 15.5. The van der Waals surface area contributed by atoms with Gasteiger partial charge in [0.15, 0.2) is 11.6 Å². The van der Waals surface area contributed by atoms with Gasteiger partial charge < -0.3 is 25.8 Å². The van der Waals surface area contributed by atoms with Crippen molar-refractivity contribution < 1.29 is 22.6 Å². The second kappa shape index (κ2) is 12.4. The molecule has 0 amide bonds. The van der Waals surface area contributed by atoms with Crippen LogP contribution in [0.5, 0.6) is 11.8 Å². The lowest BCUT2D eigenvalue weighted by Crippen LogP contribution is -2.44. The van der Waals surface area contributed by atoms with E-state index < -0.39 is 17.4 Å². The van der Waals surface area contributed by atoms with Crippen LogP contribution in [0.2, 0.25) is 5.02 Å². The van der Waals surface area contributed by atoms with Gasteiger partial charge in [-0.05, 0) is 74.4 Å². The summed E-state index contributed by atoms with van der Waals surface area (Å²) in [5.74, 6) is 0.304. The number of nitrogens with two attached hydrogens (primary N) is 2. The van der Waals surface area contributed by atoms with E-state index in [1.807, 2.05) is 23.1 Å². The number of nitrogens with zero attached hydrogens (tertiary/aromatic N) is 6. The highest BCUT2D eigenvalue weighted by Crippen LogP contribution is 2.52. The Labute approximate surface area is 305 Å². The normalized spacial score (nSPS) is 21.3. The first-order chi connectivity index (χ1) is 25.2. The number of nitrogen functional groups attached to an aromatic ring is 2. The molecule has 15 heteroatoms. The van der Waals surface area contributed by atoms with Gasteiger partial charge in [0.05, 0.1) is 27.6 Å². The highest BCUT2D eigenvalue weighted by molar-refractivity contribution is 7.23. The first kappa shape index (κ1) is 33.0. The van der Waals surface area contributed by atoms with E-state index in [2.05, 4.69) is 20.9 Å². The van der Waals surface area contributed by atoms with Gasteiger partial charge in [-0.2, -0.15) is 24.0 Å². The summed E-state index contributed by atoms with van der Waals surface area (Å²) in [5, 5.41) is 11.2. The van der Waals surface area contributed by atoms with E-state index in [4.69, 9.17) is 37.5 Å². The first-order valence-electron chi connectivity index (χ1n) is 17.1. The molecule has 1 aliphatic carbocycles. The number of thiophene rings is 1. The SMILES string of the molecule is N#Cc1c(N)sc2cccc(-c3c(Cl)c4c5c(nc(OC[C@@]67CCCN6CC(=C(F)F)C7)nc5c3F)N(C3CC3)C(Cc3ccnc(N)c3)CO4)c12. The fraction of sp³-hybridized carbons (Fsp3) is 0.351. The van der Waals surface area contributed by atoms with Gasteiger partial charge in [0.2, 0.25) is 0 Å². The van der Waals surface area contributed by atoms with Crippen molar-refractivity contribution in [2.24, 2.45) is 0 Å². The third-order valence-electron chi connectivity index (χ3n) is 10.8. The van der Waals surface area contributed by atoms with E-state index in [1.165, 1.54) is 11.3 Å². The van der Waals surface area contributed by atoms with Crippen LogP contribution in [-0.4, -0.2) is 63.8 Å². The molecule has 4 N–H and O–H groups in total. The number of nitriles is 1. The Morgan fingerprint density at radius 1 is 1.19 bits per heavy atom. The molecule has 1 unspecified atom stereocenters. The van der Waals surface area contributed by atoms with Crippen LogP contribution in [0.15, 0.2) is 48.2 Å². The minimum absolute atomic E-state index is 0.0163. The summed E-state index contributed by atoms with van der Waals surface area (Å²) < 4.78 is 58.5. The van der Waals surface area contributed by atoms with Gasteiger partial charge >= 0.3 is 6.01 Å². The maximum absolute atomic E-state index is 17.4. The predicted molar refractivity (Wildman–Crippen MR) is 194 cm³/mol. The number of fused-ring (bicyclic) bond motifs is 2. The van der Waals surface area contributed by atoms with Crippen molar-refractivity contribution in [3.63, 3.8) is 0 Å². The van der Waals surface area contributed by atoms with Gasteiger partial charge in [-0.15, -0.1) is 11.3 Å². The summed E-state index contributed by atoms with van der Waals surface area (Å²) in [6, 6.07) is 10.9. The summed E-state index contributed by atoms with van der Waals surface area (Å²) in [6.45, 7) is 1.11. The number of ether oxygens (including phenoxy) is 2. The van der Waals surface area contributed by atoms with E-state index in [1.54, 1.807) is 18.3 Å². The molecule has 2 atom stereocenters. The van der Waals surface area contributed by atoms with Crippen molar-refractivity contribution >= 4 is 60.6 Å². The van der Waals surface area contributed by atoms with Crippen molar-refractivity contribution in [2.75, 3.05) is 42.7 Å². The summed E-state index contributed by atoms with van der Waals surface area (Å²) >= 11 is 8.43. The molecule has 0 radical (unpaired) electrons. The number of hydrogen-bond donors (Lipinski definition) is 2. The van der Waals surface area contributed by atoms with Gasteiger partial charge in [-0.1, -0.05) is 23.7 Å². The fourth-order valence-corrected chi connectivity index (χ4v) is 9.60. The molecule has 10 nitrogen and oxygen atoms in total. The average molecular weight is 745 g/mol. The van der Waals surface area contributed by atoms with Gasteiger partial charge in [0, 0.05) is 40.0 Å². The van der Waals surface area contributed by atoms with Crippen molar-refractivity contribution in [1.82, 2.24) is 19.9 Å². The lowest BCUT2D eigenvalue weighted by atomic mass is 9.94. The monoisotopic (exact) mass is 744 g/mol. The number of aromatic nitrogens is 3. The Balaban J connectivity index is 1.23. The van der Waals surface area contributed by atoms with Crippen LogP contribution in [0.1, 0.15) is 43.2 Å². The Morgan fingerprint density at radius 2 is 2.04 bits per heavy atom. The van der Waals surface area contributed by atoms with Crippen LogP contribution in [0.25, 0.3) is 32.1 Å². The van der Waals surface area contributed by atoms with Gasteiger partial charge in [-0.25, -0.2) is 9.37 Å². The molecule has 2 aromatic carbocycles. The van der Waals surface area contributed by atoms with Crippen LogP contribution in [0.4, 0.5) is 29.8 Å². The molecule has 1 saturated carbocycles. The number of rotatable bonds is 7. The quantitative estimate of drug-likeness (QED) is 0.173. The molecule has 3 fully saturated rings. The van der Waals surface area contributed by atoms with Gasteiger partial charge in [0.1, 0.15) is 41.4 Å². The zero-order valence-electron chi connectivity index (χ0n) is 27.8. The van der Waals surface area contributed by atoms with Crippen molar-refractivity contribution in [3.05, 3.63) is 70.1 Å². The highest BCUT2D eigenvalue weighted by Gasteiger charge is 2.49.